The highest BCUT2D eigenvalue weighted by Crippen LogP contribution is 2.29. The quantitative estimate of drug-likeness (QED) is 0.858. The van der Waals surface area contributed by atoms with Gasteiger partial charge >= 0.3 is 0 Å². The van der Waals surface area contributed by atoms with E-state index in [2.05, 4.69) is 37.5 Å². The number of benzene rings is 1. The van der Waals surface area contributed by atoms with E-state index in [4.69, 9.17) is 0 Å². The van der Waals surface area contributed by atoms with Crippen LogP contribution in [0.1, 0.15) is 45.6 Å². The van der Waals surface area contributed by atoms with Gasteiger partial charge in [0.1, 0.15) is 0 Å². The molecule has 0 aromatic heterocycles. The van der Waals surface area contributed by atoms with Gasteiger partial charge in [0.2, 0.25) is 5.91 Å². The number of amides is 1. The second-order valence-electron chi connectivity index (χ2n) is 6.29. The zero-order valence-electron chi connectivity index (χ0n) is 12.1. The van der Waals surface area contributed by atoms with Gasteiger partial charge in [0.15, 0.2) is 0 Å². The first-order valence-electron chi connectivity index (χ1n) is 7.12. The topological polar surface area (TPSA) is 41.1 Å². The molecule has 2 rings (SSSR count). The number of carbonyl (C=O) groups excluding carboxylic acids is 1. The molecule has 1 atom stereocenters. The Bertz CT molecular complexity index is 442. The lowest BCUT2D eigenvalue weighted by molar-refractivity contribution is -0.118. The first kappa shape index (κ1) is 14.1. The van der Waals surface area contributed by atoms with Gasteiger partial charge in [0.25, 0.3) is 0 Å². The van der Waals surface area contributed by atoms with E-state index in [0.717, 1.165) is 25.1 Å². The van der Waals surface area contributed by atoms with Crippen LogP contribution in [0.15, 0.2) is 24.3 Å². The van der Waals surface area contributed by atoms with Crippen LogP contribution in [0.3, 0.4) is 0 Å². The molecule has 0 bridgehead atoms. The summed E-state index contributed by atoms with van der Waals surface area (Å²) in [6, 6.07) is 8.03. The van der Waals surface area contributed by atoms with Gasteiger partial charge in [-0.15, -0.1) is 0 Å². The van der Waals surface area contributed by atoms with E-state index in [0.29, 0.717) is 0 Å². The lowest BCUT2D eigenvalue weighted by atomic mass is 9.85. The molecule has 1 heterocycles. The van der Waals surface area contributed by atoms with Gasteiger partial charge in [-0.3, -0.25) is 4.79 Å². The Balaban J connectivity index is 2.12. The van der Waals surface area contributed by atoms with E-state index in [1.807, 2.05) is 18.2 Å². The third-order valence-electron chi connectivity index (χ3n) is 3.62. The van der Waals surface area contributed by atoms with Gasteiger partial charge in [0, 0.05) is 5.69 Å². The molecule has 0 saturated carbocycles. The van der Waals surface area contributed by atoms with Gasteiger partial charge in [-0.25, -0.2) is 0 Å². The van der Waals surface area contributed by atoms with E-state index in [1.54, 1.807) is 0 Å². The maximum Gasteiger partial charge on any atom is 0.241 e. The van der Waals surface area contributed by atoms with E-state index >= 15 is 0 Å². The van der Waals surface area contributed by atoms with Crippen molar-refractivity contribution in [3.63, 3.8) is 0 Å². The van der Waals surface area contributed by atoms with Crippen LogP contribution in [0.4, 0.5) is 5.69 Å². The van der Waals surface area contributed by atoms with Crippen molar-refractivity contribution in [2.75, 3.05) is 11.9 Å². The molecule has 0 unspecified atom stereocenters. The summed E-state index contributed by atoms with van der Waals surface area (Å²) in [5.41, 5.74) is 2.15. The van der Waals surface area contributed by atoms with Crippen LogP contribution in [0.25, 0.3) is 0 Å². The third kappa shape index (κ3) is 3.57. The Morgan fingerprint density at radius 3 is 2.63 bits per heavy atom. The maximum atomic E-state index is 12.3. The Hall–Kier alpha value is -1.35. The molecule has 0 aliphatic carbocycles. The Morgan fingerprint density at radius 1 is 1.26 bits per heavy atom. The minimum absolute atomic E-state index is 0.0316. The average Bonchev–Trinajstić information content (AvgIpc) is 2.39. The van der Waals surface area contributed by atoms with Crippen molar-refractivity contribution in [1.29, 1.82) is 0 Å². The third-order valence-corrected chi connectivity index (χ3v) is 3.62. The van der Waals surface area contributed by atoms with Crippen LogP contribution in [0, 0.1) is 0 Å². The average molecular weight is 260 g/mol. The molecule has 0 radical (unpaired) electrons. The number of carbonyl (C=O) groups is 1. The number of rotatable bonds is 2. The van der Waals surface area contributed by atoms with Gasteiger partial charge in [-0.05, 0) is 36.4 Å². The van der Waals surface area contributed by atoms with Crippen LogP contribution in [0.5, 0.6) is 0 Å². The number of hydrogen-bond acceptors (Lipinski definition) is 2. The molecule has 1 aromatic carbocycles. The summed E-state index contributed by atoms with van der Waals surface area (Å²) < 4.78 is 0. The summed E-state index contributed by atoms with van der Waals surface area (Å²) in [5, 5.41) is 6.37. The van der Waals surface area contributed by atoms with E-state index in [-0.39, 0.29) is 17.4 Å². The summed E-state index contributed by atoms with van der Waals surface area (Å²) in [4.78, 5) is 12.3. The highest BCUT2D eigenvalue weighted by molar-refractivity contribution is 5.95. The van der Waals surface area contributed by atoms with Crippen molar-refractivity contribution in [3.8, 4) is 0 Å². The molecule has 1 aliphatic rings. The Kier molecular flexibility index (Phi) is 4.25. The van der Waals surface area contributed by atoms with E-state index in [9.17, 15) is 4.79 Å². The fourth-order valence-electron chi connectivity index (χ4n) is 2.54. The number of para-hydroxylation sites is 1. The number of nitrogens with one attached hydrogen (secondary N) is 2. The predicted molar refractivity (Wildman–Crippen MR) is 79.4 cm³/mol. The summed E-state index contributed by atoms with van der Waals surface area (Å²) >= 11 is 0. The van der Waals surface area contributed by atoms with Crippen LogP contribution < -0.4 is 10.6 Å². The summed E-state index contributed by atoms with van der Waals surface area (Å²) in [7, 11) is 0. The molecule has 2 N–H and O–H groups in total. The number of hydrogen-bond donors (Lipinski definition) is 2. The first-order chi connectivity index (χ1) is 8.98. The lowest BCUT2D eigenvalue weighted by Gasteiger charge is -2.26. The van der Waals surface area contributed by atoms with Crippen molar-refractivity contribution in [3.05, 3.63) is 29.8 Å². The normalized spacial score (nSPS) is 20.1. The number of piperidine rings is 1. The minimum Gasteiger partial charge on any atom is -0.324 e. The Morgan fingerprint density at radius 2 is 2.00 bits per heavy atom. The molecule has 19 heavy (non-hydrogen) atoms. The molecular weight excluding hydrogens is 236 g/mol. The molecule has 104 valence electrons. The SMILES string of the molecule is CC(C)(C)c1ccccc1NC(=O)[C@H]1CCCCN1. The highest BCUT2D eigenvalue weighted by Gasteiger charge is 2.23. The second-order valence-corrected chi connectivity index (χ2v) is 6.29. The van der Waals surface area contributed by atoms with Gasteiger partial charge in [-0.1, -0.05) is 45.4 Å². The van der Waals surface area contributed by atoms with Crippen LogP contribution in [-0.2, 0) is 10.2 Å². The molecule has 1 amide bonds. The second kappa shape index (κ2) is 5.74. The molecule has 0 spiro atoms. The summed E-state index contributed by atoms with van der Waals surface area (Å²) in [6.07, 6.45) is 3.23. The molecule has 1 fully saturated rings. The predicted octanol–water partition coefficient (Wildman–Crippen LogP) is 3.06. The molecule has 1 saturated heterocycles. The Labute approximate surface area is 115 Å². The van der Waals surface area contributed by atoms with Gasteiger partial charge < -0.3 is 10.6 Å². The molecule has 1 aliphatic heterocycles. The zero-order valence-corrected chi connectivity index (χ0v) is 12.1. The molecule has 1 aromatic rings. The van der Waals surface area contributed by atoms with E-state index < -0.39 is 0 Å². The van der Waals surface area contributed by atoms with Crippen LogP contribution >= 0.6 is 0 Å². The highest BCUT2D eigenvalue weighted by atomic mass is 16.2. The van der Waals surface area contributed by atoms with Crippen molar-refractivity contribution in [2.24, 2.45) is 0 Å². The summed E-state index contributed by atoms with van der Waals surface area (Å²) in [5.74, 6) is 0.0939. The summed E-state index contributed by atoms with van der Waals surface area (Å²) in [6.45, 7) is 7.43. The van der Waals surface area contributed by atoms with Gasteiger partial charge in [0.05, 0.1) is 6.04 Å². The fourth-order valence-corrected chi connectivity index (χ4v) is 2.54. The van der Waals surface area contributed by atoms with Crippen molar-refractivity contribution >= 4 is 11.6 Å². The maximum absolute atomic E-state index is 12.3. The molecule has 3 heteroatoms. The van der Waals surface area contributed by atoms with Crippen molar-refractivity contribution in [1.82, 2.24) is 5.32 Å². The standard InChI is InChI=1S/C16H24N2O/c1-16(2,3)12-8-4-5-9-13(12)18-15(19)14-10-6-7-11-17-14/h4-5,8-9,14,17H,6-7,10-11H2,1-3H3,(H,18,19)/t14-/m1/s1. The molecular formula is C16H24N2O. The van der Waals surface area contributed by atoms with Crippen LogP contribution in [0.2, 0.25) is 0 Å². The monoisotopic (exact) mass is 260 g/mol. The number of anilines is 1. The first-order valence-corrected chi connectivity index (χ1v) is 7.12. The minimum atomic E-state index is -0.0400. The lowest BCUT2D eigenvalue weighted by Crippen LogP contribution is -2.43. The zero-order chi connectivity index (χ0) is 13.9. The van der Waals surface area contributed by atoms with E-state index in [1.165, 1.54) is 12.0 Å². The molecule has 3 nitrogen and oxygen atoms in total. The van der Waals surface area contributed by atoms with Crippen molar-refractivity contribution in [2.45, 2.75) is 51.5 Å². The fraction of sp³-hybridized carbons (Fsp3) is 0.562. The van der Waals surface area contributed by atoms with Crippen molar-refractivity contribution < 1.29 is 4.79 Å². The van der Waals surface area contributed by atoms with Gasteiger partial charge in [-0.2, -0.15) is 0 Å². The smallest absolute Gasteiger partial charge is 0.241 e. The largest absolute Gasteiger partial charge is 0.324 e. The van der Waals surface area contributed by atoms with Crippen LogP contribution in [-0.4, -0.2) is 18.5 Å².